The van der Waals surface area contributed by atoms with Crippen LogP contribution >= 0.6 is 15.9 Å². The van der Waals surface area contributed by atoms with Gasteiger partial charge in [0.25, 0.3) is 0 Å². The average molecular weight is 344 g/mol. The first-order chi connectivity index (χ1) is 9.54. The van der Waals surface area contributed by atoms with Gasteiger partial charge in [0.15, 0.2) is 0 Å². The highest BCUT2D eigenvalue weighted by atomic mass is 79.9. The number of rotatable bonds is 2. The standard InChI is InChI=1S/C14H15BrFNO3/c15-12-4-1-8(16)5-13(12)20-11-6-9-2-3-10(7-11)17(9)14(18)19/h1,4-5,9-11H,2-3,6-7H2,(H,18,19)/t9-,10+,11+. The molecule has 2 fully saturated rings. The summed E-state index contributed by atoms with van der Waals surface area (Å²) in [4.78, 5) is 12.8. The summed E-state index contributed by atoms with van der Waals surface area (Å²) < 4.78 is 19.8. The van der Waals surface area contributed by atoms with E-state index in [1.165, 1.54) is 12.1 Å². The van der Waals surface area contributed by atoms with Crippen molar-refractivity contribution in [3.63, 3.8) is 0 Å². The van der Waals surface area contributed by atoms with E-state index in [1.807, 2.05) is 0 Å². The normalized spacial score (nSPS) is 28.5. The van der Waals surface area contributed by atoms with Crippen LogP contribution in [0.15, 0.2) is 22.7 Å². The Kier molecular flexibility index (Phi) is 3.58. The number of hydrogen-bond donors (Lipinski definition) is 1. The smallest absolute Gasteiger partial charge is 0.407 e. The molecular weight excluding hydrogens is 329 g/mol. The van der Waals surface area contributed by atoms with Crippen molar-refractivity contribution >= 4 is 22.0 Å². The van der Waals surface area contributed by atoms with Crippen molar-refractivity contribution < 1.29 is 19.0 Å². The number of carboxylic acid groups (broad SMARTS) is 1. The third kappa shape index (κ3) is 2.49. The molecule has 3 rings (SSSR count). The topological polar surface area (TPSA) is 49.8 Å². The Bertz CT molecular complexity index is 525. The monoisotopic (exact) mass is 343 g/mol. The maximum atomic E-state index is 13.2. The van der Waals surface area contributed by atoms with Crippen molar-refractivity contribution in [3.05, 3.63) is 28.5 Å². The summed E-state index contributed by atoms with van der Waals surface area (Å²) in [6.07, 6.45) is 2.23. The van der Waals surface area contributed by atoms with Gasteiger partial charge in [-0.3, -0.25) is 0 Å². The second-order valence-electron chi connectivity index (χ2n) is 5.36. The van der Waals surface area contributed by atoms with Gasteiger partial charge in [0.05, 0.1) is 4.47 Å². The number of ether oxygens (including phenoxy) is 1. The fraction of sp³-hybridized carbons (Fsp3) is 0.500. The van der Waals surface area contributed by atoms with Gasteiger partial charge in [0.1, 0.15) is 17.7 Å². The molecule has 2 bridgehead atoms. The molecule has 3 atom stereocenters. The SMILES string of the molecule is O=C(O)N1[C@@H]2CC[C@H]1C[C@@H](Oc1cc(F)ccc1Br)C2. The largest absolute Gasteiger partial charge is 0.489 e. The van der Waals surface area contributed by atoms with Crippen molar-refractivity contribution in [2.45, 2.75) is 43.9 Å². The molecule has 0 radical (unpaired) electrons. The predicted octanol–water partition coefficient (Wildman–Crippen LogP) is 3.64. The van der Waals surface area contributed by atoms with Crippen LogP contribution in [0.25, 0.3) is 0 Å². The van der Waals surface area contributed by atoms with Crippen molar-refractivity contribution in [1.29, 1.82) is 0 Å². The summed E-state index contributed by atoms with van der Waals surface area (Å²) in [5, 5.41) is 9.20. The molecule has 4 nitrogen and oxygen atoms in total. The second kappa shape index (κ2) is 5.24. The fourth-order valence-corrected chi connectivity index (χ4v) is 3.62. The fourth-order valence-electron chi connectivity index (χ4n) is 3.28. The molecule has 0 spiro atoms. The molecule has 20 heavy (non-hydrogen) atoms. The Morgan fingerprint density at radius 1 is 1.35 bits per heavy atom. The van der Waals surface area contributed by atoms with Crippen LogP contribution in [-0.4, -0.2) is 34.3 Å². The lowest BCUT2D eigenvalue weighted by Crippen LogP contribution is -2.48. The minimum atomic E-state index is -0.845. The molecule has 1 amide bonds. The lowest BCUT2D eigenvalue weighted by molar-refractivity contribution is 0.0492. The van der Waals surface area contributed by atoms with Crippen LogP contribution in [0.1, 0.15) is 25.7 Å². The molecular formula is C14H15BrFNO3. The molecule has 1 aromatic rings. The van der Waals surface area contributed by atoms with E-state index < -0.39 is 6.09 Å². The summed E-state index contributed by atoms with van der Waals surface area (Å²) >= 11 is 3.34. The Morgan fingerprint density at radius 2 is 2.00 bits per heavy atom. The molecule has 1 aromatic carbocycles. The number of halogens is 2. The van der Waals surface area contributed by atoms with Crippen LogP contribution in [-0.2, 0) is 0 Å². The van der Waals surface area contributed by atoms with E-state index in [0.717, 1.165) is 12.8 Å². The van der Waals surface area contributed by atoms with E-state index in [2.05, 4.69) is 15.9 Å². The summed E-state index contributed by atoms with van der Waals surface area (Å²) in [6, 6.07) is 4.40. The first-order valence-electron chi connectivity index (χ1n) is 6.67. The quantitative estimate of drug-likeness (QED) is 0.891. The first kappa shape index (κ1) is 13.7. The number of hydrogen-bond acceptors (Lipinski definition) is 2. The lowest BCUT2D eigenvalue weighted by Gasteiger charge is -2.37. The molecule has 1 N–H and O–H groups in total. The van der Waals surface area contributed by atoms with E-state index in [1.54, 1.807) is 11.0 Å². The molecule has 2 saturated heterocycles. The number of nitrogens with zero attached hydrogens (tertiary/aromatic N) is 1. The second-order valence-corrected chi connectivity index (χ2v) is 6.22. The summed E-state index contributed by atoms with van der Waals surface area (Å²) in [5.74, 6) is 0.146. The number of benzene rings is 1. The van der Waals surface area contributed by atoms with E-state index >= 15 is 0 Å². The molecule has 2 aliphatic heterocycles. The maximum absolute atomic E-state index is 13.2. The summed E-state index contributed by atoms with van der Waals surface area (Å²) in [7, 11) is 0. The molecule has 0 aliphatic carbocycles. The van der Waals surface area contributed by atoms with Crippen LogP contribution in [0.2, 0.25) is 0 Å². The van der Waals surface area contributed by atoms with Crippen LogP contribution in [0.5, 0.6) is 5.75 Å². The molecule has 0 unspecified atom stereocenters. The van der Waals surface area contributed by atoms with Crippen LogP contribution in [0.4, 0.5) is 9.18 Å². The van der Waals surface area contributed by atoms with Gasteiger partial charge < -0.3 is 14.7 Å². The Balaban J connectivity index is 1.72. The minimum Gasteiger partial charge on any atom is -0.489 e. The van der Waals surface area contributed by atoms with E-state index in [4.69, 9.17) is 4.74 Å². The molecule has 2 aliphatic rings. The van der Waals surface area contributed by atoms with Gasteiger partial charge in [-0.15, -0.1) is 0 Å². The predicted molar refractivity (Wildman–Crippen MR) is 74.4 cm³/mol. The van der Waals surface area contributed by atoms with Crippen LogP contribution in [0.3, 0.4) is 0 Å². The lowest BCUT2D eigenvalue weighted by atomic mass is 10.0. The number of carbonyl (C=O) groups is 1. The van der Waals surface area contributed by atoms with E-state index in [9.17, 15) is 14.3 Å². The first-order valence-corrected chi connectivity index (χ1v) is 7.47. The number of fused-ring (bicyclic) bond motifs is 2. The summed E-state index contributed by atoms with van der Waals surface area (Å²) in [6.45, 7) is 0. The van der Waals surface area contributed by atoms with E-state index in [0.29, 0.717) is 23.1 Å². The molecule has 0 aromatic heterocycles. The summed E-state index contributed by atoms with van der Waals surface area (Å²) in [5.41, 5.74) is 0. The van der Waals surface area contributed by atoms with Crippen LogP contribution < -0.4 is 4.74 Å². The average Bonchev–Trinajstić information content (AvgIpc) is 2.66. The zero-order chi connectivity index (χ0) is 14.3. The van der Waals surface area contributed by atoms with Gasteiger partial charge in [-0.1, -0.05) is 0 Å². The van der Waals surface area contributed by atoms with Gasteiger partial charge in [-0.05, 0) is 40.9 Å². The van der Waals surface area contributed by atoms with E-state index in [-0.39, 0.29) is 24.0 Å². The maximum Gasteiger partial charge on any atom is 0.407 e. The number of amides is 1. The van der Waals surface area contributed by atoms with Gasteiger partial charge in [0, 0.05) is 31.0 Å². The molecule has 6 heteroatoms. The highest BCUT2D eigenvalue weighted by Gasteiger charge is 2.44. The zero-order valence-corrected chi connectivity index (χ0v) is 12.3. The number of piperidine rings is 1. The molecule has 2 heterocycles. The van der Waals surface area contributed by atoms with Crippen LogP contribution in [0, 0.1) is 5.82 Å². The highest BCUT2D eigenvalue weighted by molar-refractivity contribution is 9.10. The van der Waals surface area contributed by atoms with Crippen molar-refractivity contribution in [3.8, 4) is 5.75 Å². The Hall–Kier alpha value is -1.30. The Labute approximate surface area is 124 Å². The molecule has 0 saturated carbocycles. The Morgan fingerprint density at radius 3 is 2.60 bits per heavy atom. The van der Waals surface area contributed by atoms with Gasteiger partial charge in [0.2, 0.25) is 0 Å². The zero-order valence-electron chi connectivity index (χ0n) is 10.8. The third-order valence-corrected chi connectivity index (χ3v) is 4.75. The van der Waals surface area contributed by atoms with Gasteiger partial charge >= 0.3 is 6.09 Å². The van der Waals surface area contributed by atoms with Crippen molar-refractivity contribution in [2.24, 2.45) is 0 Å². The highest BCUT2D eigenvalue weighted by Crippen LogP contribution is 2.38. The molecule has 108 valence electrons. The van der Waals surface area contributed by atoms with Crippen molar-refractivity contribution in [2.75, 3.05) is 0 Å². The third-order valence-electron chi connectivity index (χ3n) is 4.10. The van der Waals surface area contributed by atoms with Gasteiger partial charge in [-0.25, -0.2) is 9.18 Å². The van der Waals surface area contributed by atoms with Crippen molar-refractivity contribution in [1.82, 2.24) is 4.90 Å². The van der Waals surface area contributed by atoms with Gasteiger partial charge in [-0.2, -0.15) is 0 Å². The minimum absolute atomic E-state index is 0.0311.